The Morgan fingerprint density at radius 3 is 2.85 bits per heavy atom. The van der Waals surface area contributed by atoms with E-state index in [-0.39, 0.29) is 17.1 Å². The predicted molar refractivity (Wildman–Crippen MR) is 77.2 cm³/mol. The third-order valence-corrected chi connectivity index (χ3v) is 3.09. The van der Waals surface area contributed by atoms with Gasteiger partial charge in [-0.2, -0.15) is 5.26 Å². The number of nitriles is 1. The van der Waals surface area contributed by atoms with Gasteiger partial charge in [0.2, 0.25) is 11.8 Å². The molecule has 2 amide bonds. The summed E-state index contributed by atoms with van der Waals surface area (Å²) >= 11 is 10.8. The lowest BCUT2D eigenvalue weighted by Gasteiger charge is -2.24. The number of rotatable bonds is 2. The molecule has 1 aliphatic rings. The molecule has 1 N–H and O–H groups in total. The fourth-order valence-corrected chi connectivity index (χ4v) is 2.10. The maximum atomic E-state index is 11.8. The van der Waals surface area contributed by atoms with Gasteiger partial charge in [-0.05, 0) is 29.9 Å². The van der Waals surface area contributed by atoms with Crippen molar-refractivity contribution in [3.63, 3.8) is 0 Å². The van der Waals surface area contributed by atoms with E-state index in [0.717, 1.165) is 4.90 Å². The zero-order valence-electron chi connectivity index (χ0n) is 10.1. The van der Waals surface area contributed by atoms with Gasteiger partial charge in [0.15, 0.2) is 5.11 Å². The molecule has 0 aromatic heterocycles. The van der Waals surface area contributed by atoms with Crippen molar-refractivity contribution in [1.82, 2.24) is 10.2 Å². The smallest absolute Gasteiger partial charge is 0.242 e. The molecule has 7 heteroatoms. The van der Waals surface area contributed by atoms with E-state index in [1.807, 2.05) is 6.07 Å². The highest BCUT2D eigenvalue weighted by Gasteiger charge is 2.27. The van der Waals surface area contributed by atoms with E-state index in [1.165, 1.54) is 6.20 Å². The third-order valence-electron chi connectivity index (χ3n) is 2.56. The normalized spacial score (nSPS) is 15.9. The molecule has 0 radical (unpaired) electrons. The average Bonchev–Trinajstić information content (AvgIpc) is 2.38. The van der Waals surface area contributed by atoms with E-state index in [2.05, 4.69) is 5.32 Å². The highest BCUT2D eigenvalue weighted by Crippen LogP contribution is 2.19. The maximum absolute atomic E-state index is 11.8. The second-order valence-corrected chi connectivity index (χ2v) is 4.78. The van der Waals surface area contributed by atoms with Crippen LogP contribution in [0.15, 0.2) is 30.5 Å². The predicted octanol–water partition coefficient (Wildman–Crippen LogP) is 1.84. The first-order valence-electron chi connectivity index (χ1n) is 5.55. The maximum Gasteiger partial charge on any atom is 0.242 e. The van der Waals surface area contributed by atoms with Gasteiger partial charge in [0.25, 0.3) is 0 Å². The molecule has 0 bridgehead atoms. The van der Waals surface area contributed by atoms with Gasteiger partial charge in [-0.1, -0.05) is 23.7 Å². The van der Waals surface area contributed by atoms with Crippen LogP contribution in [-0.4, -0.2) is 21.8 Å². The van der Waals surface area contributed by atoms with Crippen molar-refractivity contribution in [3.05, 3.63) is 41.1 Å². The summed E-state index contributed by atoms with van der Waals surface area (Å²) < 4.78 is 0. The lowest BCUT2D eigenvalue weighted by Crippen LogP contribution is -2.50. The summed E-state index contributed by atoms with van der Waals surface area (Å²) in [6, 6.07) is 8.65. The van der Waals surface area contributed by atoms with Gasteiger partial charge in [0.1, 0.15) is 12.5 Å². The van der Waals surface area contributed by atoms with Crippen molar-refractivity contribution in [2.45, 2.75) is 6.42 Å². The van der Waals surface area contributed by atoms with Crippen LogP contribution in [0.4, 0.5) is 0 Å². The number of halogens is 1. The van der Waals surface area contributed by atoms with Crippen molar-refractivity contribution in [1.29, 1.82) is 5.26 Å². The molecule has 1 aromatic rings. The number of benzene rings is 1. The minimum atomic E-state index is -0.478. The van der Waals surface area contributed by atoms with E-state index in [1.54, 1.807) is 24.3 Å². The summed E-state index contributed by atoms with van der Waals surface area (Å²) in [6.45, 7) is 0. The molecule has 20 heavy (non-hydrogen) atoms. The molecule has 1 heterocycles. The Kier molecular flexibility index (Phi) is 4.13. The Labute approximate surface area is 125 Å². The zero-order valence-corrected chi connectivity index (χ0v) is 11.7. The van der Waals surface area contributed by atoms with E-state index >= 15 is 0 Å². The molecule has 2 rings (SSSR count). The second kappa shape index (κ2) is 5.82. The largest absolute Gasteiger partial charge is 0.302 e. The van der Waals surface area contributed by atoms with Gasteiger partial charge in [-0.25, -0.2) is 0 Å². The van der Waals surface area contributed by atoms with Crippen LogP contribution in [-0.2, 0) is 9.59 Å². The summed E-state index contributed by atoms with van der Waals surface area (Å²) in [4.78, 5) is 24.0. The minimum Gasteiger partial charge on any atom is -0.302 e. The van der Waals surface area contributed by atoms with E-state index < -0.39 is 11.8 Å². The molecule has 0 atom stereocenters. The number of thiocarbonyl (C=S) groups is 1. The van der Waals surface area contributed by atoms with Gasteiger partial charge >= 0.3 is 0 Å². The zero-order chi connectivity index (χ0) is 14.7. The molecule has 5 nitrogen and oxygen atoms in total. The fourth-order valence-electron chi connectivity index (χ4n) is 1.64. The van der Waals surface area contributed by atoms with Gasteiger partial charge in [-0.15, -0.1) is 0 Å². The van der Waals surface area contributed by atoms with Gasteiger partial charge < -0.3 is 5.32 Å². The first kappa shape index (κ1) is 14.2. The summed E-state index contributed by atoms with van der Waals surface area (Å²) in [5, 5.41) is 12.0. The number of hydrogen-bond acceptors (Lipinski definition) is 4. The molecule has 0 unspecified atom stereocenters. The number of hydrogen-bond donors (Lipinski definition) is 1. The topological polar surface area (TPSA) is 73.2 Å². The highest BCUT2D eigenvalue weighted by atomic mass is 35.5. The lowest BCUT2D eigenvalue weighted by molar-refractivity contribution is -0.133. The number of nitrogens with zero attached hydrogens (tertiary/aromatic N) is 2. The number of carbonyl (C=O) groups is 2. The summed E-state index contributed by atoms with van der Waals surface area (Å²) in [5.41, 5.74) is 0.784. The molecule has 100 valence electrons. The van der Waals surface area contributed by atoms with Crippen LogP contribution in [0.1, 0.15) is 12.0 Å². The highest BCUT2D eigenvalue weighted by molar-refractivity contribution is 7.80. The number of nitrogens with one attached hydrogen (secondary N) is 1. The molecule has 1 saturated heterocycles. The summed E-state index contributed by atoms with van der Waals surface area (Å²) in [6.07, 6.45) is 1.00. The molecule has 0 saturated carbocycles. The Morgan fingerprint density at radius 1 is 1.50 bits per heavy atom. The first-order valence-corrected chi connectivity index (χ1v) is 6.33. The lowest BCUT2D eigenvalue weighted by atomic mass is 10.1. The monoisotopic (exact) mass is 305 g/mol. The van der Waals surface area contributed by atoms with E-state index in [0.29, 0.717) is 10.6 Å². The SMILES string of the molecule is N#CC(=CN1C(=O)CC(=O)NC1=S)c1cccc(Cl)c1. The molecule has 1 aromatic carbocycles. The second-order valence-electron chi connectivity index (χ2n) is 3.96. The molecule has 1 aliphatic heterocycles. The summed E-state index contributed by atoms with van der Waals surface area (Å²) in [7, 11) is 0. The Balaban J connectivity index is 2.37. The summed E-state index contributed by atoms with van der Waals surface area (Å²) in [5.74, 6) is -0.931. The Hall–Kier alpha value is -2.23. The van der Waals surface area contributed by atoms with Gasteiger partial charge in [0, 0.05) is 11.2 Å². The van der Waals surface area contributed by atoms with Crippen molar-refractivity contribution in [2.24, 2.45) is 0 Å². The average molecular weight is 306 g/mol. The number of carbonyl (C=O) groups excluding carboxylic acids is 2. The molecule has 0 aliphatic carbocycles. The van der Waals surface area contributed by atoms with Crippen LogP contribution < -0.4 is 5.32 Å². The first-order chi connectivity index (χ1) is 9.51. The van der Waals surface area contributed by atoms with Crippen molar-refractivity contribution < 1.29 is 9.59 Å². The fraction of sp³-hybridized carbons (Fsp3) is 0.0769. The standard InChI is InChI=1S/C13H8ClN3O2S/c14-10-3-1-2-8(4-10)9(6-15)7-17-12(19)5-11(18)16-13(17)20/h1-4,7H,5H2,(H,16,18,20). The van der Waals surface area contributed by atoms with E-state index in [9.17, 15) is 14.9 Å². The van der Waals surface area contributed by atoms with Crippen LogP contribution in [0.25, 0.3) is 5.57 Å². The van der Waals surface area contributed by atoms with Crippen LogP contribution in [0.5, 0.6) is 0 Å². The van der Waals surface area contributed by atoms with Crippen molar-refractivity contribution >= 4 is 46.3 Å². The van der Waals surface area contributed by atoms with Gasteiger partial charge in [-0.3, -0.25) is 14.5 Å². The minimum absolute atomic E-state index is 0.0407. The van der Waals surface area contributed by atoms with Crippen molar-refractivity contribution in [2.75, 3.05) is 0 Å². The molecular formula is C13H8ClN3O2S. The van der Waals surface area contributed by atoms with Gasteiger partial charge in [0.05, 0.1) is 5.57 Å². The Morgan fingerprint density at radius 2 is 2.25 bits per heavy atom. The molecule has 1 fully saturated rings. The third kappa shape index (κ3) is 3.02. The molecule has 0 spiro atoms. The van der Waals surface area contributed by atoms with Crippen LogP contribution in [0, 0.1) is 11.3 Å². The quantitative estimate of drug-likeness (QED) is 0.514. The van der Waals surface area contributed by atoms with Crippen LogP contribution in [0.2, 0.25) is 5.02 Å². The van der Waals surface area contributed by atoms with Crippen molar-refractivity contribution in [3.8, 4) is 6.07 Å². The number of allylic oxidation sites excluding steroid dienone is 1. The van der Waals surface area contributed by atoms with Crippen LogP contribution >= 0.6 is 23.8 Å². The Bertz CT molecular complexity index is 658. The van der Waals surface area contributed by atoms with Crippen LogP contribution in [0.3, 0.4) is 0 Å². The molecular weight excluding hydrogens is 298 g/mol. The number of amides is 2. The van der Waals surface area contributed by atoms with E-state index in [4.69, 9.17) is 23.8 Å².